The van der Waals surface area contributed by atoms with Crippen molar-refractivity contribution in [2.45, 2.75) is 154 Å². The number of rotatable bonds is 28. The van der Waals surface area contributed by atoms with E-state index in [9.17, 15) is 43.2 Å². The Kier molecular flexibility index (Phi) is 23.0. The van der Waals surface area contributed by atoms with Gasteiger partial charge in [0.1, 0.15) is 12.1 Å². The number of amides is 8. The molecule has 0 aliphatic carbocycles. The molecule has 3 aliphatic heterocycles. The molecule has 0 bridgehead atoms. The number of imide groups is 1. The Morgan fingerprint density at radius 3 is 2.11 bits per heavy atom. The number of esters is 1. The number of benzene rings is 1. The second-order valence-corrected chi connectivity index (χ2v) is 20.4. The predicted octanol–water partition coefficient (Wildman–Crippen LogP) is 2.97. The number of likely N-dealkylation sites (tertiary alicyclic amines) is 2. The first-order chi connectivity index (χ1) is 34.6. The van der Waals surface area contributed by atoms with Gasteiger partial charge in [-0.2, -0.15) is 0 Å². The van der Waals surface area contributed by atoms with Gasteiger partial charge in [0.25, 0.3) is 11.8 Å². The normalized spacial score (nSPS) is 20.7. The van der Waals surface area contributed by atoms with E-state index in [1.807, 2.05) is 46.6 Å². The highest BCUT2D eigenvalue weighted by molar-refractivity contribution is 6.12. The molecule has 9 atom stereocenters. The first-order valence-corrected chi connectivity index (χ1v) is 25.8. The monoisotopic (exact) mass is 1020 g/mol. The summed E-state index contributed by atoms with van der Waals surface area (Å²) in [6, 6.07) is 3.82. The molecule has 406 valence electrons. The van der Waals surface area contributed by atoms with Gasteiger partial charge in [-0.15, -0.1) is 0 Å². The highest BCUT2D eigenvalue weighted by Gasteiger charge is 2.46. The summed E-state index contributed by atoms with van der Waals surface area (Å²) in [5, 5.41) is 11.2. The van der Waals surface area contributed by atoms with Crippen LogP contribution in [0.4, 0.5) is 5.69 Å². The maximum Gasteiger partial charge on any atom is 0.328 e. The Balaban J connectivity index is 1.33. The predicted molar refractivity (Wildman–Crippen MR) is 273 cm³/mol. The highest BCUT2D eigenvalue weighted by atomic mass is 16.5. The molecule has 1 aromatic carbocycles. The van der Waals surface area contributed by atoms with Gasteiger partial charge in [0.05, 0.1) is 55.8 Å². The summed E-state index contributed by atoms with van der Waals surface area (Å²) in [5.74, 6) is -4.33. The summed E-state index contributed by atoms with van der Waals surface area (Å²) >= 11 is 0. The lowest BCUT2D eigenvalue weighted by molar-refractivity contribution is -0.149. The number of hydrogen-bond donors (Lipinski definition) is 4. The maximum absolute atomic E-state index is 14.4. The van der Waals surface area contributed by atoms with Crippen LogP contribution in [-0.2, 0) is 63.8 Å². The minimum atomic E-state index is -1.08. The lowest BCUT2D eigenvalue weighted by Gasteiger charge is -2.41. The number of methoxy groups -OCH3 is 3. The van der Waals surface area contributed by atoms with E-state index in [1.54, 1.807) is 48.0 Å². The van der Waals surface area contributed by atoms with Crippen molar-refractivity contribution in [3.05, 3.63) is 42.0 Å². The molecule has 3 heterocycles. The van der Waals surface area contributed by atoms with Gasteiger partial charge in [0, 0.05) is 65.0 Å². The summed E-state index contributed by atoms with van der Waals surface area (Å²) in [5.41, 5.74) is 0.391. The van der Waals surface area contributed by atoms with Crippen molar-refractivity contribution in [1.29, 1.82) is 0 Å². The van der Waals surface area contributed by atoms with Gasteiger partial charge in [-0.1, -0.05) is 59.6 Å². The fraction of sp³-hybridized carbons (Fsp3) is 0.679. The van der Waals surface area contributed by atoms with Crippen molar-refractivity contribution in [3.8, 4) is 0 Å². The van der Waals surface area contributed by atoms with Crippen molar-refractivity contribution >= 4 is 58.9 Å². The molecule has 2 saturated heterocycles. The molecule has 20 nitrogen and oxygen atoms in total. The molecule has 73 heavy (non-hydrogen) atoms. The smallest absolute Gasteiger partial charge is 0.328 e. The summed E-state index contributed by atoms with van der Waals surface area (Å²) in [7, 11) is 7.88. The second kappa shape index (κ2) is 28.1. The summed E-state index contributed by atoms with van der Waals surface area (Å²) in [6.45, 7) is 12.7. The molecule has 4 N–H and O–H groups in total. The lowest BCUT2D eigenvalue weighted by atomic mass is 9.89. The minimum absolute atomic E-state index is 0.0439. The number of nitrogens with one attached hydrogen (secondary N) is 4. The van der Waals surface area contributed by atoms with Gasteiger partial charge in [0.2, 0.25) is 35.4 Å². The molecule has 0 saturated carbocycles. The van der Waals surface area contributed by atoms with Crippen LogP contribution in [0.25, 0.3) is 0 Å². The number of carbonyl (C=O) groups is 9. The molecule has 3 aliphatic rings. The number of hydrogen-bond acceptors (Lipinski definition) is 13. The van der Waals surface area contributed by atoms with Gasteiger partial charge in [0.15, 0.2) is 0 Å². The SMILES string of the molecule is CC[C@H](C)[C@@H]([C@@H](CC(=O)N1CCC[C@H]1[C@H](OC)[C@@H](C)C(=O)N[C@@H](Cc1ccc(NC(=O)CNC(=O)CCCCCN2C(=O)C=CC2=O)cc1)C(=O)OC)OC)N(C)C(=O)[C@@H](NC(=O)[C@@]1(C)CCCN1C)C(C)C. The minimum Gasteiger partial charge on any atom is -0.467 e. The Hall–Kier alpha value is -5.73. The molecular formula is C53H82N8O12. The largest absolute Gasteiger partial charge is 0.467 e. The van der Waals surface area contributed by atoms with E-state index in [1.165, 1.54) is 33.5 Å². The zero-order chi connectivity index (χ0) is 54.2. The van der Waals surface area contributed by atoms with E-state index in [-0.39, 0.29) is 79.6 Å². The van der Waals surface area contributed by atoms with Crippen molar-refractivity contribution in [2.75, 3.05) is 66.9 Å². The third-order valence-electron chi connectivity index (χ3n) is 15.1. The maximum atomic E-state index is 14.4. The highest BCUT2D eigenvalue weighted by Crippen LogP contribution is 2.31. The number of nitrogens with zero attached hydrogens (tertiary/aromatic N) is 4. The summed E-state index contributed by atoms with van der Waals surface area (Å²) < 4.78 is 17.1. The number of unbranched alkanes of at least 4 members (excludes halogenated alkanes) is 2. The summed E-state index contributed by atoms with van der Waals surface area (Å²) in [4.78, 5) is 124. The fourth-order valence-electron chi connectivity index (χ4n) is 10.2. The van der Waals surface area contributed by atoms with E-state index in [2.05, 4.69) is 21.3 Å². The molecular weight excluding hydrogens is 941 g/mol. The Morgan fingerprint density at radius 2 is 1.53 bits per heavy atom. The van der Waals surface area contributed by atoms with Gasteiger partial charge in [-0.05, 0) is 88.6 Å². The fourth-order valence-corrected chi connectivity index (χ4v) is 10.2. The molecule has 0 spiro atoms. The Labute approximate surface area is 431 Å². The average Bonchev–Trinajstić information content (AvgIpc) is 4.09. The van der Waals surface area contributed by atoms with E-state index < -0.39 is 65.6 Å². The van der Waals surface area contributed by atoms with E-state index in [0.29, 0.717) is 62.7 Å². The van der Waals surface area contributed by atoms with Crippen LogP contribution in [-0.4, -0.2) is 176 Å². The quantitative estimate of drug-likeness (QED) is 0.0537. The van der Waals surface area contributed by atoms with Crippen LogP contribution >= 0.6 is 0 Å². The standard InChI is InChI=1S/C53H82N8O12/c1-12-34(4)47(59(8)50(68)46(33(2)3)57-52(70)53(6)26-17-27-58(53)7)40(71-9)31-45(66)60-29-16-18-39(60)48(72-10)35(5)49(67)56-38(51(69)73-11)30-36-20-22-37(23-21-36)55-42(63)32-54-41(62)19-14-13-15-28-61-43(64)24-25-44(61)65/h20-25,33-35,38-40,46-48H,12-19,26-32H2,1-11H3,(H,54,62)(H,55,63)(H,56,67)(H,57,70)/t34-,35+,38-,39-,40+,46-,47-,48+,53+/m0/s1. The van der Waals surface area contributed by atoms with Crippen LogP contribution in [0.3, 0.4) is 0 Å². The van der Waals surface area contributed by atoms with E-state index in [4.69, 9.17) is 14.2 Å². The molecule has 0 radical (unpaired) electrons. The average molecular weight is 1020 g/mol. The van der Waals surface area contributed by atoms with Gasteiger partial charge >= 0.3 is 5.97 Å². The van der Waals surface area contributed by atoms with Crippen LogP contribution in [0.15, 0.2) is 36.4 Å². The molecule has 0 aromatic heterocycles. The van der Waals surface area contributed by atoms with Crippen molar-refractivity contribution in [3.63, 3.8) is 0 Å². The molecule has 2 fully saturated rings. The molecule has 20 heteroatoms. The van der Waals surface area contributed by atoms with Crippen LogP contribution in [0.1, 0.15) is 111 Å². The zero-order valence-electron chi connectivity index (χ0n) is 45.0. The van der Waals surface area contributed by atoms with Crippen molar-refractivity contribution in [1.82, 2.24) is 35.6 Å². The molecule has 1 aromatic rings. The molecule has 8 amide bonds. The van der Waals surface area contributed by atoms with E-state index in [0.717, 1.165) is 17.9 Å². The number of ether oxygens (including phenoxy) is 3. The Bertz CT molecular complexity index is 2120. The van der Waals surface area contributed by atoms with Gasteiger partial charge in [-0.3, -0.25) is 48.2 Å². The third kappa shape index (κ3) is 15.9. The van der Waals surface area contributed by atoms with Crippen LogP contribution in [0, 0.1) is 17.8 Å². The lowest BCUT2D eigenvalue weighted by Crippen LogP contribution is -2.61. The Morgan fingerprint density at radius 1 is 0.863 bits per heavy atom. The molecule has 0 unspecified atom stereocenters. The van der Waals surface area contributed by atoms with Crippen molar-refractivity contribution < 1.29 is 57.4 Å². The topological polar surface area (TPSA) is 242 Å². The van der Waals surface area contributed by atoms with Crippen LogP contribution in [0.2, 0.25) is 0 Å². The van der Waals surface area contributed by atoms with Crippen LogP contribution in [0.5, 0.6) is 0 Å². The van der Waals surface area contributed by atoms with Crippen molar-refractivity contribution in [2.24, 2.45) is 17.8 Å². The summed E-state index contributed by atoms with van der Waals surface area (Å²) in [6.07, 6.45) is 6.48. The van der Waals surface area contributed by atoms with E-state index >= 15 is 0 Å². The molecule has 4 rings (SSSR count). The first kappa shape index (κ1) is 59.8. The third-order valence-corrected chi connectivity index (χ3v) is 15.1. The first-order valence-electron chi connectivity index (χ1n) is 25.8. The number of carbonyl (C=O) groups excluding carboxylic acids is 9. The number of likely N-dealkylation sites (N-methyl/N-ethyl adjacent to an activating group) is 2. The number of anilines is 1. The van der Waals surface area contributed by atoms with Gasteiger partial charge in [-0.25, -0.2) is 4.79 Å². The zero-order valence-corrected chi connectivity index (χ0v) is 45.0. The van der Waals surface area contributed by atoms with Crippen LogP contribution < -0.4 is 21.3 Å². The second-order valence-electron chi connectivity index (χ2n) is 20.4. The van der Waals surface area contributed by atoms with Gasteiger partial charge < -0.3 is 45.3 Å².